The van der Waals surface area contributed by atoms with Gasteiger partial charge in [0.15, 0.2) is 0 Å². The van der Waals surface area contributed by atoms with Crippen LogP contribution < -0.4 is 10.6 Å². The molecule has 5 nitrogen and oxygen atoms in total. The van der Waals surface area contributed by atoms with Gasteiger partial charge in [0, 0.05) is 35.1 Å². The summed E-state index contributed by atoms with van der Waals surface area (Å²) in [5, 5.41) is 6.15. The maximum absolute atomic E-state index is 12.1. The van der Waals surface area contributed by atoms with E-state index in [1.165, 1.54) is 0 Å². The van der Waals surface area contributed by atoms with Crippen molar-refractivity contribution in [3.8, 4) is 0 Å². The van der Waals surface area contributed by atoms with Crippen LogP contribution in [-0.2, 0) is 0 Å². The van der Waals surface area contributed by atoms with Crippen LogP contribution in [0.3, 0.4) is 0 Å². The van der Waals surface area contributed by atoms with Crippen LogP contribution in [0.2, 0.25) is 0 Å². The van der Waals surface area contributed by atoms with E-state index in [-0.39, 0.29) is 5.91 Å². The third-order valence-corrected chi connectivity index (χ3v) is 4.17. The number of pyridine rings is 1. The van der Waals surface area contributed by atoms with Crippen molar-refractivity contribution in [2.45, 2.75) is 6.92 Å². The van der Waals surface area contributed by atoms with Gasteiger partial charge in [-0.25, -0.2) is 0 Å². The first-order valence-corrected chi connectivity index (χ1v) is 8.17. The average molecular weight is 377 g/mol. The lowest BCUT2D eigenvalue weighted by Gasteiger charge is -2.11. The number of anilines is 2. The molecule has 0 aliphatic rings. The molecule has 0 unspecified atom stereocenters. The third-order valence-electron chi connectivity index (χ3n) is 3.28. The number of nitrogens with zero attached hydrogens (tertiary/aromatic N) is 2. The average Bonchev–Trinajstić information content (AvgIpc) is 2.51. The highest BCUT2D eigenvalue weighted by atomic mass is 79.9. The van der Waals surface area contributed by atoms with Gasteiger partial charge in [-0.05, 0) is 56.9 Å². The van der Waals surface area contributed by atoms with E-state index in [1.807, 2.05) is 50.2 Å². The molecule has 1 aromatic heterocycles. The summed E-state index contributed by atoms with van der Waals surface area (Å²) in [7, 11) is 3.93. The number of carbonyl (C=O) groups excluding carboxylic acids is 1. The monoisotopic (exact) mass is 376 g/mol. The predicted molar refractivity (Wildman–Crippen MR) is 97.3 cm³/mol. The number of hydrogen-bond donors (Lipinski definition) is 2. The number of aromatic nitrogens is 1. The van der Waals surface area contributed by atoms with Crippen LogP contribution in [0.1, 0.15) is 16.1 Å². The lowest BCUT2D eigenvalue weighted by Crippen LogP contribution is -2.31. The van der Waals surface area contributed by atoms with Crippen molar-refractivity contribution in [1.82, 2.24) is 15.2 Å². The van der Waals surface area contributed by atoms with Gasteiger partial charge in [-0.3, -0.25) is 9.78 Å². The first kappa shape index (κ1) is 17.4. The Labute approximate surface area is 145 Å². The van der Waals surface area contributed by atoms with Crippen LogP contribution in [-0.4, -0.2) is 43.0 Å². The number of aryl methyl sites for hydroxylation is 1. The van der Waals surface area contributed by atoms with E-state index >= 15 is 0 Å². The van der Waals surface area contributed by atoms with Gasteiger partial charge in [0.1, 0.15) is 5.69 Å². The summed E-state index contributed by atoms with van der Waals surface area (Å²) in [6.45, 7) is 3.42. The van der Waals surface area contributed by atoms with Crippen molar-refractivity contribution in [1.29, 1.82) is 0 Å². The highest BCUT2D eigenvalue weighted by Crippen LogP contribution is 2.23. The molecule has 0 radical (unpaired) electrons. The Bertz CT molecular complexity index is 688. The Morgan fingerprint density at radius 1 is 1.22 bits per heavy atom. The van der Waals surface area contributed by atoms with Crippen molar-refractivity contribution < 1.29 is 4.79 Å². The Hall–Kier alpha value is -1.92. The molecule has 1 heterocycles. The van der Waals surface area contributed by atoms with Gasteiger partial charge in [0.2, 0.25) is 0 Å². The van der Waals surface area contributed by atoms with Gasteiger partial charge in [0.05, 0.1) is 0 Å². The topological polar surface area (TPSA) is 57.3 Å². The molecule has 122 valence electrons. The summed E-state index contributed by atoms with van der Waals surface area (Å²) in [6.07, 6.45) is 1.63. The molecule has 2 aromatic rings. The van der Waals surface area contributed by atoms with Crippen LogP contribution >= 0.6 is 15.9 Å². The molecule has 0 bridgehead atoms. The molecule has 2 N–H and O–H groups in total. The van der Waals surface area contributed by atoms with E-state index < -0.39 is 0 Å². The number of benzene rings is 1. The molecule has 0 saturated carbocycles. The minimum absolute atomic E-state index is 0.164. The van der Waals surface area contributed by atoms with Crippen molar-refractivity contribution in [3.05, 3.63) is 52.3 Å². The minimum Gasteiger partial charge on any atom is -0.355 e. The highest BCUT2D eigenvalue weighted by molar-refractivity contribution is 9.10. The fourth-order valence-corrected chi connectivity index (χ4v) is 2.25. The zero-order chi connectivity index (χ0) is 16.8. The van der Waals surface area contributed by atoms with Gasteiger partial charge < -0.3 is 15.5 Å². The largest absolute Gasteiger partial charge is 0.355 e. The van der Waals surface area contributed by atoms with Gasteiger partial charge in [-0.2, -0.15) is 0 Å². The van der Waals surface area contributed by atoms with E-state index in [0.717, 1.165) is 28.0 Å². The second-order valence-corrected chi connectivity index (χ2v) is 6.43. The summed E-state index contributed by atoms with van der Waals surface area (Å²) >= 11 is 3.49. The molecule has 0 saturated heterocycles. The van der Waals surface area contributed by atoms with Gasteiger partial charge in [0.25, 0.3) is 5.91 Å². The van der Waals surface area contributed by atoms with Gasteiger partial charge in [-0.15, -0.1) is 0 Å². The second-order valence-electron chi connectivity index (χ2n) is 5.58. The number of hydrogen-bond acceptors (Lipinski definition) is 4. The molecule has 1 aromatic carbocycles. The molecule has 0 spiro atoms. The molecule has 0 fully saturated rings. The molecule has 23 heavy (non-hydrogen) atoms. The molecule has 0 atom stereocenters. The van der Waals surface area contributed by atoms with Crippen LogP contribution in [0, 0.1) is 6.92 Å². The fourth-order valence-electron chi connectivity index (χ4n) is 2.01. The smallest absolute Gasteiger partial charge is 0.269 e. The number of amides is 1. The van der Waals surface area contributed by atoms with Crippen LogP contribution in [0.15, 0.2) is 41.0 Å². The fraction of sp³-hybridized carbons (Fsp3) is 0.294. The SMILES string of the molecule is Cc1cc(Nc2ccnc(C(=O)NCCN(C)C)c2)ccc1Br. The van der Waals surface area contributed by atoms with E-state index in [1.54, 1.807) is 12.3 Å². The van der Waals surface area contributed by atoms with Crippen molar-refractivity contribution in [2.75, 3.05) is 32.5 Å². The Morgan fingerprint density at radius 3 is 2.65 bits per heavy atom. The quantitative estimate of drug-likeness (QED) is 0.812. The van der Waals surface area contributed by atoms with Crippen LogP contribution in [0.5, 0.6) is 0 Å². The normalized spacial score (nSPS) is 10.7. The maximum Gasteiger partial charge on any atom is 0.269 e. The Kier molecular flexibility index (Phi) is 6.12. The van der Waals surface area contributed by atoms with Crippen molar-refractivity contribution in [2.24, 2.45) is 0 Å². The van der Waals surface area contributed by atoms with Crippen LogP contribution in [0.4, 0.5) is 11.4 Å². The highest BCUT2D eigenvalue weighted by Gasteiger charge is 2.08. The number of nitrogens with one attached hydrogen (secondary N) is 2. The number of likely N-dealkylation sites (N-methyl/N-ethyl adjacent to an activating group) is 1. The molecule has 1 amide bonds. The molecular formula is C17H21BrN4O. The molecule has 0 aliphatic heterocycles. The van der Waals surface area contributed by atoms with Crippen molar-refractivity contribution in [3.63, 3.8) is 0 Å². The molecule has 6 heteroatoms. The molecule has 2 rings (SSSR count). The second kappa shape index (κ2) is 8.08. The van der Waals surface area contributed by atoms with E-state index in [0.29, 0.717) is 12.2 Å². The van der Waals surface area contributed by atoms with Gasteiger partial charge >= 0.3 is 0 Å². The summed E-state index contributed by atoms with van der Waals surface area (Å²) in [6, 6.07) is 9.61. The summed E-state index contributed by atoms with van der Waals surface area (Å²) < 4.78 is 1.07. The van der Waals surface area contributed by atoms with E-state index in [9.17, 15) is 4.79 Å². The maximum atomic E-state index is 12.1. The lowest BCUT2D eigenvalue weighted by molar-refractivity contribution is 0.0946. The first-order chi connectivity index (χ1) is 11.0. The Morgan fingerprint density at radius 2 is 1.96 bits per heavy atom. The van der Waals surface area contributed by atoms with E-state index in [4.69, 9.17) is 0 Å². The zero-order valence-corrected chi connectivity index (χ0v) is 15.1. The number of carbonyl (C=O) groups is 1. The number of halogens is 1. The molecular weight excluding hydrogens is 356 g/mol. The first-order valence-electron chi connectivity index (χ1n) is 7.38. The summed E-state index contributed by atoms with van der Waals surface area (Å²) in [4.78, 5) is 18.3. The van der Waals surface area contributed by atoms with Crippen molar-refractivity contribution >= 4 is 33.2 Å². The summed E-state index contributed by atoms with van der Waals surface area (Å²) in [5.41, 5.74) is 3.35. The zero-order valence-electron chi connectivity index (χ0n) is 13.6. The minimum atomic E-state index is -0.164. The number of rotatable bonds is 6. The Balaban J connectivity index is 2.04. The van der Waals surface area contributed by atoms with Gasteiger partial charge in [-0.1, -0.05) is 15.9 Å². The third kappa shape index (κ3) is 5.33. The van der Waals surface area contributed by atoms with Crippen LogP contribution in [0.25, 0.3) is 0 Å². The standard InChI is InChI=1S/C17H21BrN4O/c1-12-10-13(4-5-15(12)18)21-14-6-7-19-16(11-14)17(23)20-8-9-22(2)3/h4-7,10-11H,8-9H2,1-3H3,(H,19,21)(H,20,23). The summed E-state index contributed by atoms with van der Waals surface area (Å²) in [5.74, 6) is -0.164. The van der Waals surface area contributed by atoms with E-state index in [2.05, 4.69) is 31.5 Å². The molecule has 0 aliphatic carbocycles. The lowest BCUT2D eigenvalue weighted by atomic mass is 10.2. The predicted octanol–water partition coefficient (Wildman–Crippen LogP) is 3.19.